The van der Waals surface area contributed by atoms with Crippen LogP contribution in [0.4, 0.5) is 0 Å². The zero-order valence-electron chi connectivity index (χ0n) is 15.8. The highest BCUT2D eigenvalue weighted by atomic mass is 16.2. The van der Waals surface area contributed by atoms with Gasteiger partial charge in [-0.15, -0.1) is 6.42 Å². The van der Waals surface area contributed by atoms with Gasteiger partial charge in [0.25, 0.3) is 0 Å². The second-order valence-electron chi connectivity index (χ2n) is 6.93. The van der Waals surface area contributed by atoms with Crippen LogP contribution in [0.2, 0.25) is 0 Å². The molecule has 4 heteroatoms. The predicted molar refractivity (Wildman–Crippen MR) is 103 cm³/mol. The topological polar surface area (TPSA) is 54.5 Å². The first kappa shape index (κ1) is 19.7. The monoisotopic (exact) mass is 351 g/mol. The van der Waals surface area contributed by atoms with E-state index in [9.17, 15) is 14.4 Å². The van der Waals surface area contributed by atoms with E-state index in [0.717, 1.165) is 22.3 Å². The molecule has 0 aromatic heterocycles. The minimum Gasteiger partial charge on any atom is -0.335 e. The van der Waals surface area contributed by atoms with E-state index >= 15 is 0 Å². The lowest BCUT2D eigenvalue weighted by Gasteiger charge is -2.18. The van der Waals surface area contributed by atoms with Gasteiger partial charge in [0.2, 0.25) is 5.91 Å². The van der Waals surface area contributed by atoms with Crippen molar-refractivity contribution in [3.63, 3.8) is 0 Å². The largest absolute Gasteiger partial charge is 0.335 e. The maximum Gasteiger partial charge on any atom is 0.223 e. The number of benzene rings is 1. The maximum atomic E-state index is 12.9. The lowest BCUT2D eigenvalue weighted by Crippen LogP contribution is -2.30. The van der Waals surface area contributed by atoms with Crippen LogP contribution in [0.3, 0.4) is 0 Å². The van der Waals surface area contributed by atoms with Crippen molar-refractivity contribution in [2.24, 2.45) is 5.92 Å². The summed E-state index contributed by atoms with van der Waals surface area (Å²) in [4.78, 5) is 39.1. The van der Waals surface area contributed by atoms with Gasteiger partial charge in [-0.05, 0) is 43.0 Å². The molecule has 0 N–H and O–H groups in total. The molecule has 2 atom stereocenters. The van der Waals surface area contributed by atoms with Gasteiger partial charge in [-0.25, -0.2) is 0 Å². The number of allylic oxidation sites excluding steroid dienone is 1. The molecule has 2 rings (SSSR count). The molecule has 1 saturated carbocycles. The van der Waals surface area contributed by atoms with Gasteiger partial charge >= 0.3 is 0 Å². The first-order valence-corrected chi connectivity index (χ1v) is 8.77. The van der Waals surface area contributed by atoms with Crippen LogP contribution in [0, 0.1) is 32.1 Å². The Kier molecular flexibility index (Phi) is 6.15. The van der Waals surface area contributed by atoms with Gasteiger partial charge in [-0.2, -0.15) is 0 Å². The lowest BCUT2D eigenvalue weighted by atomic mass is 9.86. The molecule has 136 valence electrons. The Bertz CT molecular complexity index is 790. The van der Waals surface area contributed by atoms with Crippen molar-refractivity contribution in [3.05, 3.63) is 40.5 Å². The molecule has 0 bridgehead atoms. The van der Waals surface area contributed by atoms with Crippen molar-refractivity contribution in [3.8, 4) is 12.3 Å². The molecule has 1 fully saturated rings. The Balaban J connectivity index is 2.27. The van der Waals surface area contributed by atoms with Crippen molar-refractivity contribution in [2.75, 3.05) is 13.6 Å². The van der Waals surface area contributed by atoms with Gasteiger partial charge in [0.15, 0.2) is 5.78 Å². The first-order chi connectivity index (χ1) is 12.3. The van der Waals surface area contributed by atoms with E-state index in [1.807, 2.05) is 45.1 Å². The number of amides is 1. The zero-order chi connectivity index (χ0) is 19.4. The summed E-state index contributed by atoms with van der Waals surface area (Å²) in [5.74, 6) is 0.634. The van der Waals surface area contributed by atoms with E-state index in [0.29, 0.717) is 0 Å². The van der Waals surface area contributed by atoms with E-state index in [1.54, 1.807) is 7.05 Å². The van der Waals surface area contributed by atoms with Crippen LogP contribution >= 0.6 is 0 Å². The summed E-state index contributed by atoms with van der Waals surface area (Å²) < 4.78 is 0. The first-order valence-electron chi connectivity index (χ1n) is 8.77. The Morgan fingerprint density at radius 1 is 1.31 bits per heavy atom. The molecule has 4 nitrogen and oxygen atoms in total. The summed E-state index contributed by atoms with van der Waals surface area (Å²) in [7, 11) is 1.61. The Morgan fingerprint density at radius 2 is 1.92 bits per heavy atom. The lowest BCUT2D eigenvalue weighted by molar-refractivity contribution is -0.133. The summed E-state index contributed by atoms with van der Waals surface area (Å²) in [5, 5.41) is 0. The van der Waals surface area contributed by atoms with Crippen LogP contribution in [0.15, 0.2) is 18.2 Å². The fourth-order valence-electron chi connectivity index (χ4n) is 3.68. The SMILES string of the molecule is C#CCN(C)C(=O)CC1CC(=O)C(c2c(C)cc(/C=C/C)cc2C)C1=O. The average molecular weight is 351 g/mol. The summed E-state index contributed by atoms with van der Waals surface area (Å²) in [6.45, 7) is 5.99. The third-order valence-electron chi connectivity index (χ3n) is 4.90. The molecule has 0 spiro atoms. The zero-order valence-corrected chi connectivity index (χ0v) is 15.8. The van der Waals surface area contributed by atoms with Crippen molar-refractivity contribution in [2.45, 2.75) is 39.5 Å². The number of nitrogens with zero attached hydrogens (tertiary/aromatic N) is 1. The van der Waals surface area contributed by atoms with Gasteiger partial charge in [0.05, 0.1) is 6.54 Å². The number of hydrogen-bond acceptors (Lipinski definition) is 3. The minimum atomic E-state index is -0.759. The number of carbonyl (C=O) groups excluding carboxylic acids is 3. The average Bonchev–Trinajstić information content (AvgIpc) is 2.82. The van der Waals surface area contributed by atoms with E-state index in [1.165, 1.54) is 4.90 Å². The fourth-order valence-corrected chi connectivity index (χ4v) is 3.68. The second-order valence-corrected chi connectivity index (χ2v) is 6.93. The summed E-state index contributed by atoms with van der Waals surface area (Å²) in [6, 6.07) is 3.98. The van der Waals surface area contributed by atoms with Gasteiger partial charge in [0, 0.05) is 25.8 Å². The van der Waals surface area contributed by atoms with Crippen LogP contribution in [0.25, 0.3) is 6.08 Å². The number of Topliss-reactive ketones (excluding diaryl/α,β-unsaturated/α-hetero) is 2. The smallest absolute Gasteiger partial charge is 0.223 e. The number of hydrogen-bond donors (Lipinski definition) is 0. The predicted octanol–water partition coefficient (Wildman–Crippen LogP) is 3.06. The third-order valence-corrected chi connectivity index (χ3v) is 4.90. The van der Waals surface area contributed by atoms with Crippen LogP contribution < -0.4 is 0 Å². The van der Waals surface area contributed by atoms with Gasteiger partial charge in [-0.1, -0.05) is 30.2 Å². The van der Waals surface area contributed by atoms with Gasteiger partial charge in [-0.3, -0.25) is 14.4 Å². The Labute approximate surface area is 155 Å². The third kappa shape index (κ3) is 3.94. The molecule has 26 heavy (non-hydrogen) atoms. The number of aryl methyl sites for hydroxylation is 2. The van der Waals surface area contributed by atoms with E-state index in [2.05, 4.69) is 5.92 Å². The number of carbonyl (C=O) groups is 3. The van der Waals surface area contributed by atoms with Gasteiger partial charge < -0.3 is 4.90 Å². The van der Waals surface area contributed by atoms with E-state index in [4.69, 9.17) is 6.42 Å². The number of rotatable bonds is 5. The Hall–Kier alpha value is -2.67. The van der Waals surface area contributed by atoms with Crippen LogP contribution in [0.5, 0.6) is 0 Å². The molecule has 2 unspecified atom stereocenters. The molecule has 1 aliphatic rings. The fraction of sp³-hybridized carbons (Fsp3) is 0.409. The van der Waals surface area contributed by atoms with Crippen LogP contribution in [0.1, 0.15) is 47.9 Å². The molecule has 1 aromatic carbocycles. The highest BCUT2D eigenvalue weighted by Crippen LogP contribution is 2.37. The minimum absolute atomic E-state index is 0.0357. The summed E-state index contributed by atoms with van der Waals surface area (Å²) in [6.07, 6.45) is 9.32. The quantitative estimate of drug-likeness (QED) is 0.605. The molecule has 0 heterocycles. The molecule has 0 radical (unpaired) electrons. The number of ketones is 2. The normalized spacial score (nSPS) is 19.8. The van der Waals surface area contributed by atoms with Crippen LogP contribution in [-0.2, 0) is 14.4 Å². The van der Waals surface area contributed by atoms with E-state index < -0.39 is 11.8 Å². The van der Waals surface area contributed by atoms with E-state index in [-0.39, 0.29) is 36.9 Å². The summed E-state index contributed by atoms with van der Waals surface area (Å²) in [5.41, 5.74) is 3.70. The number of terminal acetylenes is 1. The van der Waals surface area contributed by atoms with Crippen LogP contribution in [-0.4, -0.2) is 36.0 Å². The highest BCUT2D eigenvalue weighted by Gasteiger charge is 2.44. The molecule has 0 saturated heterocycles. The standard InChI is InChI=1S/C22H25NO3/c1-6-8-16-10-14(3)20(15(4)11-16)21-18(24)12-17(22(21)26)13-19(25)23(5)9-7-2/h2,6,8,10-11,17,21H,9,12-13H2,1,3-5H3/b8-6+. The maximum absolute atomic E-state index is 12.9. The van der Waals surface area contributed by atoms with Crippen molar-refractivity contribution in [1.29, 1.82) is 0 Å². The van der Waals surface area contributed by atoms with Crippen molar-refractivity contribution in [1.82, 2.24) is 4.90 Å². The second kappa shape index (κ2) is 8.14. The van der Waals surface area contributed by atoms with Gasteiger partial charge in [0.1, 0.15) is 11.7 Å². The molecule has 1 aromatic rings. The molecule has 0 aliphatic heterocycles. The molecule has 1 amide bonds. The van der Waals surface area contributed by atoms with Crippen molar-refractivity contribution < 1.29 is 14.4 Å². The molecular weight excluding hydrogens is 326 g/mol. The highest BCUT2D eigenvalue weighted by molar-refractivity contribution is 6.15. The molecular formula is C22H25NO3. The Morgan fingerprint density at radius 3 is 2.46 bits per heavy atom. The summed E-state index contributed by atoms with van der Waals surface area (Å²) >= 11 is 0. The van der Waals surface area contributed by atoms with Crippen molar-refractivity contribution >= 4 is 23.5 Å². The molecule has 1 aliphatic carbocycles.